The van der Waals surface area contributed by atoms with Crippen LogP contribution in [0.2, 0.25) is 0 Å². The molecule has 0 amide bonds. The number of hydrogen-bond acceptors (Lipinski definition) is 7. The van der Waals surface area contributed by atoms with Crippen LogP contribution in [0, 0.1) is 0 Å². The molecule has 0 bridgehead atoms. The molecule has 2 aliphatic rings. The number of Topliss-reactive ketones (excluding diaryl/α,β-unsaturated/α-hetero) is 1. The molecule has 2 saturated heterocycles. The van der Waals surface area contributed by atoms with Crippen LogP contribution in [-0.2, 0) is 23.4 Å². The number of hydrogen-bond donors (Lipinski definition) is 1. The Morgan fingerprint density at radius 2 is 1.03 bits per heavy atom. The van der Waals surface area contributed by atoms with Gasteiger partial charge in [-0.3, -0.25) is 4.79 Å². The summed E-state index contributed by atoms with van der Waals surface area (Å²) in [5, 5.41) is 9.22. The van der Waals surface area contributed by atoms with Crippen molar-refractivity contribution in [3.05, 3.63) is 48.5 Å². The van der Waals surface area contributed by atoms with E-state index in [-0.39, 0.29) is 54.8 Å². The van der Waals surface area contributed by atoms with E-state index in [1.807, 2.05) is 91.8 Å². The lowest BCUT2D eigenvalue weighted by Crippen LogP contribution is -2.41. The Bertz CT molecular complexity index is 1010. The van der Waals surface area contributed by atoms with Crippen LogP contribution < -0.4 is 15.7 Å². The number of ketones is 1. The van der Waals surface area contributed by atoms with Crippen molar-refractivity contribution in [1.82, 2.24) is 0 Å². The molecule has 4 rings (SSSR count). The number of benzene rings is 2. The minimum Gasteiger partial charge on any atom is -0.508 e. The molecular formula is C27H38B2O7. The summed E-state index contributed by atoms with van der Waals surface area (Å²) in [6.07, 6.45) is 0. The number of phenolic OH excluding ortho intramolecular Hbond substituents is 1. The summed E-state index contributed by atoms with van der Waals surface area (Å²) in [4.78, 5) is 10.9. The Kier molecular flexibility index (Phi) is 8.01. The van der Waals surface area contributed by atoms with Gasteiger partial charge < -0.3 is 28.5 Å². The Hall–Kier alpha value is -2.32. The maximum Gasteiger partial charge on any atom is 0.494 e. The van der Waals surface area contributed by atoms with Crippen LogP contribution in [0.1, 0.15) is 62.3 Å². The second-order valence-electron chi connectivity index (χ2n) is 11.3. The van der Waals surface area contributed by atoms with Crippen LogP contribution in [-0.4, -0.2) is 54.1 Å². The first-order valence-corrected chi connectivity index (χ1v) is 12.3. The predicted molar refractivity (Wildman–Crippen MR) is 142 cm³/mol. The van der Waals surface area contributed by atoms with Crippen LogP contribution in [0.3, 0.4) is 0 Å². The number of carbonyl (C=O) groups is 1. The molecule has 7 nitrogen and oxygen atoms in total. The first kappa shape index (κ1) is 28.3. The van der Waals surface area contributed by atoms with Crippen LogP contribution in [0.15, 0.2) is 48.5 Å². The minimum atomic E-state index is -0.373. The first-order chi connectivity index (χ1) is 16.5. The molecule has 1 N–H and O–H groups in total. The average molecular weight is 496 g/mol. The number of aromatic hydroxyl groups is 1. The molecule has 0 saturated carbocycles. The van der Waals surface area contributed by atoms with Gasteiger partial charge in [0.05, 0.1) is 22.4 Å². The first-order valence-electron chi connectivity index (χ1n) is 12.3. The van der Waals surface area contributed by atoms with Crippen molar-refractivity contribution < 1.29 is 33.3 Å². The van der Waals surface area contributed by atoms with E-state index in [0.717, 1.165) is 10.9 Å². The molecule has 0 atom stereocenters. The van der Waals surface area contributed by atoms with Gasteiger partial charge in [0.1, 0.15) is 18.1 Å². The molecule has 0 aromatic heterocycles. The smallest absolute Gasteiger partial charge is 0.494 e. The minimum absolute atomic E-state index is 0.0000327. The Balaban J connectivity index is 0.000000205. The van der Waals surface area contributed by atoms with Gasteiger partial charge >= 0.3 is 14.2 Å². The summed E-state index contributed by atoms with van der Waals surface area (Å²) in [6.45, 7) is 17.8. The van der Waals surface area contributed by atoms with Crippen molar-refractivity contribution >= 4 is 30.9 Å². The van der Waals surface area contributed by atoms with Gasteiger partial charge in [0.25, 0.3) is 0 Å². The molecule has 0 radical (unpaired) electrons. The second kappa shape index (κ2) is 10.2. The fourth-order valence-electron chi connectivity index (χ4n) is 3.50. The topological polar surface area (TPSA) is 83.5 Å². The zero-order valence-electron chi connectivity index (χ0n) is 22.9. The van der Waals surface area contributed by atoms with Crippen molar-refractivity contribution in [2.45, 2.75) is 84.7 Å². The molecule has 2 fully saturated rings. The highest BCUT2D eigenvalue weighted by atomic mass is 16.7. The number of rotatable bonds is 5. The molecule has 2 heterocycles. The lowest BCUT2D eigenvalue weighted by atomic mass is 9.79. The average Bonchev–Trinajstić information content (AvgIpc) is 3.13. The molecule has 194 valence electrons. The van der Waals surface area contributed by atoms with Crippen LogP contribution >= 0.6 is 0 Å². The Morgan fingerprint density at radius 3 is 1.36 bits per heavy atom. The number of phenols is 1. The predicted octanol–water partition coefficient (Wildman–Crippen LogP) is 3.65. The van der Waals surface area contributed by atoms with E-state index in [9.17, 15) is 9.90 Å². The largest absolute Gasteiger partial charge is 0.508 e. The maximum atomic E-state index is 10.9. The third kappa shape index (κ3) is 6.32. The van der Waals surface area contributed by atoms with Crippen molar-refractivity contribution in [3.63, 3.8) is 0 Å². The summed E-state index contributed by atoms with van der Waals surface area (Å²) in [5.41, 5.74) is 0.531. The SMILES string of the molecule is CC(=O)COc1ccc(B2OC(C)(C)C(C)(C)O2)cc1.CC1(C)OB(c2ccc(O)cc2)OC1(C)C. The standard InChI is InChI=1S/C15H21BO4.C12H17BO3/c1-11(17)10-18-13-8-6-12(7-9-13)16-19-14(2,3)15(4,5)20-16;1-11(2)12(3,4)16-13(15-11)9-5-7-10(14)8-6-9/h6-9H,10H2,1-5H3;5-8,14H,1-4H3. The van der Waals surface area contributed by atoms with Crippen molar-refractivity contribution in [1.29, 1.82) is 0 Å². The quantitative estimate of drug-likeness (QED) is 0.633. The van der Waals surface area contributed by atoms with Crippen molar-refractivity contribution in [3.8, 4) is 11.5 Å². The molecule has 2 aliphatic heterocycles. The zero-order chi connectivity index (χ0) is 26.9. The molecule has 0 unspecified atom stereocenters. The second-order valence-corrected chi connectivity index (χ2v) is 11.3. The lowest BCUT2D eigenvalue weighted by Gasteiger charge is -2.32. The monoisotopic (exact) mass is 496 g/mol. The molecule has 0 aliphatic carbocycles. The molecular weight excluding hydrogens is 458 g/mol. The van der Waals surface area contributed by atoms with Crippen molar-refractivity contribution in [2.24, 2.45) is 0 Å². The molecule has 36 heavy (non-hydrogen) atoms. The highest BCUT2D eigenvalue weighted by Gasteiger charge is 2.52. The Morgan fingerprint density at radius 1 is 0.694 bits per heavy atom. The van der Waals surface area contributed by atoms with Gasteiger partial charge in [-0.25, -0.2) is 0 Å². The van der Waals surface area contributed by atoms with E-state index in [4.69, 9.17) is 23.4 Å². The normalized spacial score (nSPS) is 21.0. The van der Waals surface area contributed by atoms with E-state index in [2.05, 4.69) is 0 Å². The molecule has 9 heteroatoms. The summed E-state index contributed by atoms with van der Waals surface area (Å²) in [7, 11) is -0.729. The van der Waals surface area contributed by atoms with E-state index < -0.39 is 0 Å². The van der Waals surface area contributed by atoms with Gasteiger partial charge in [-0.2, -0.15) is 0 Å². The van der Waals surface area contributed by atoms with E-state index in [1.54, 1.807) is 12.1 Å². The van der Waals surface area contributed by atoms with Crippen LogP contribution in [0.25, 0.3) is 0 Å². The Labute approximate surface area is 215 Å². The van der Waals surface area contributed by atoms with Crippen LogP contribution in [0.5, 0.6) is 11.5 Å². The molecule has 2 aromatic carbocycles. The fraction of sp³-hybridized carbons (Fsp3) is 0.519. The summed E-state index contributed by atoms with van der Waals surface area (Å²) in [5.74, 6) is 0.917. The third-order valence-electron chi connectivity index (χ3n) is 7.27. The molecule has 0 spiro atoms. The van der Waals surface area contributed by atoms with Crippen molar-refractivity contribution in [2.75, 3.05) is 6.61 Å². The van der Waals surface area contributed by atoms with Crippen LogP contribution in [0.4, 0.5) is 0 Å². The van der Waals surface area contributed by atoms with Gasteiger partial charge in [-0.1, -0.05) is 24.3 Å². The number of carbonyl (C=O) groups excluding carboxylic acids is 1. The summed E-state index contributed by atoms with van der Waals surface area (Å²) in [6, 6.07) is 14.4. The zero-order valence-corrected chi connectivity index (χ0v) is 22.9. The third-order valence-corrected chi connectivity index (χ3v) is 7.27. The maximum absolute atomic E-state index is 10.9. The van der Waals surface area contributed by atoms with Gasteiger partial charge in [-0.05, 0) is 97.5 Å². The van der Waals surface area contributed by atoms with Gasteiger partial charge in [0.15, 0.2) is 5.78 Å². The molecule has 2 aromatic rings. The van der Waals surface area contributed by atoms with Gasteiger partial charge in [0, 0.05) is 0 Å². The van der Waals surface area contributed by atoms with Gasteiger partial charge in [0.2, 0.25) is 0 Å². The number of ether oxygens (including phenoxy) is 1. The van der Waals surface area contributed by atoms with Gasteiger partial charge in [-0.15, -0.1) is 0 Å². The fourth-order valence-corrected chi connectivity index (χ4v) is 3.50. The van der Waals surface area contributed by atoms with E-state index in [1.165, 1.54) is 6.92 Å². The van der Waals surface area contributed by atoms with E-state index in [0.29, 0.717) is 5.75 Å². The highest BCUT2D eigenvalue weighted by molar-refractivity contribution is 6.62. The summed E-state index contributed by atoms with van der Waals surface area (Å²) >= 11 is 0. The van der Waals surface area contributed by atoms with E-state index >= 15 is 0 Å². The summed E-state index contributed by atoms with van der Waals surface area (Å²) < 4.78 is 29.1. The highest BCUT2D eigenvalue weighted by Crippen LogP contribution is 2.37. The lowest BCUT2D eigenvalue weighted by molar-refractivity contribution is -0.118.